The van der Waals surface area contributed by atoms with Gasteiger partial charge in [-0.1, -0.05) is 25.1 Å². The van der Waals surface area contributed by atoms with Crippen molar-refractivity contribution in [1.29, 1.82) is 0 Å². The predicted molar refractivity (Wildman–Crippen MR) is 125 cm³/mol. The molecule has 10 nitrogen and oxygen atoms in total. The molecular formula is C22H29N7O3S. The van der Waals surface area contributed by atoms with Gasteiger partial charge < -0.3 is 9.80 Å². The number of nitrogens with zero attached hydrogens (tertiary/aromatic N) is 7. The maximum atomic E-state index is 12.8. The highest BCUT2D eigenvalue weighted by Gasteiger charge is 2.24. The number of benzene rings is 1. The minimum Gasteiger partial charge on any atom is -0.353 e. The highest BCUT2D eigenvalue weighted by Crippen LogP contribution is 2.21. The van der Waals surface area contributed by atoms with E-state index in [1.807, 2.05) is 36.9 Å². The van der Waals surface area contributed by atoms with Crippen molar-refractivity contribution in [1.82, 2.24) is 29.2 Å². The van der Waals surface area contributed by atoms with E-state index in [-0.39, 0.29) is 10.8 Å². The van der Waals surface area contributed by atoms with E-state index in [0.29, 0.717) is 50.2 Å². The second-order valence-electron chi connectivity index (χ2n) is 7.86. The van der Waals surface area contributed by atoms with Crippen molar-refractivity contribution in [3.63, 3.8) is 0 Å². The van der Waals surface area contributed by atoms with Gasteiger partial charge >= 0.3 is 0 Å². The third-order valence-corrected chi connectivity index (χ3v) is 8.02. The van der Waals surface area contributed by atoms with E-state index < -0.39 is 10.0 Å². The van der Waals surface area contributed by atoms with Gasteiger partial charge in [-0.05, 0) is 30.3 Å². The molecule has 3 aromatic rings. The Hall–Kier alpha value is -3.05. The van der Waals surface area contributed by atoms with Crippen LogP contribution in [0.5, 0.6) is 0 Å². The van der Waals surface area contributed by atoms with E-state index in [1.54, 1.807) is 29.1 Å². The summed E-state index contributed by atoms with van der Waals surface area (Å²) in [7, 11) is -3.56. The van der Waals surface area contributed by atoms with Crippen LogP contribution in [0.2, 0.25) is 0 Å². The van der Waals surface area contributed by atoms with Crippen LogP contribution >= 0.6 is 0 Å². The maximum Gasteiger partial charge on any atom is 0.243 e. The Labute approximate surface area is 193 Å². The topological polar surface area (TPSA) is 105 Å². The van der Waals surface area contributed by atoms with E-state index in [9.17, 15) is 13.2 Å². The summed E-state index contributed by atoms with van der Waals surface area (Å²) in [6.07, 6.45) is 2.08. The monoisotopic (exact) mass is 471 g/mol. The van der Waals surface area contributed by atoms with Crippen LogP contribution in [0.4, 0.5) is 5.82 Å². The Balaban J connectivity index is 1.37. The molecule has 0 aliphatic carbocycles. The first-order chi connectivity index (χ1) is 15.9. The number of sulfonamides is 1. The molecule has 1 aliphatic rings. The maximum absolute atomic E-state index is 12.8. The van der Waals surface area contributed by atoms with Gasteiger partial charge in [0.15, 0.2) is 0 Å². The molecule has 0 N–H and O–H groups in total. The van der Waals surface area contributed by atoms with Crippen LogP contribution in [0, 0.1) is 0 Å². The van der Waals surface area contributed by atoms with Crippen molar-refractivity contribution in [2.45, 2.75) is 31.7 Å². The molecule has 1 saturated heterocycles. The molecule has 1 fully saturated rings. The molecule has 1 amide bonds. The Kier molecular flexibility index (Phi) is 6.89. The third kappa shape index (κ3) is 4.83. The number of carbonyl (C=O) groups is 1. The summed E-state index contributed by atoms with van der Waals surface area (Å²) < 4.78 is 28.6. The van der Waals surface area contributed by atoms with Crippen LogP contribution in [0.15, 0.2) is 47.5 Å². The fourth-order valence-corrected chi connectivity index (χ4v) is 5.55. The SMILES string of the molecule is CCN(CC)S(=O)(=O)c1ccc2c(c1)nnn2CCC(=O)N1CCN(c2ccccn2)CC1. The normalized spacial score (nSPS) is 14.9. The summed E-state index contributed by atoms with van der Waals surface area (Å²) in [6, 6.07) is 10.7. The number of hydrogen-bond acceptors (Lipinski definition) is 7. The molecule has 0 radical (unpaired) electrons. The van der Waals surface area contributed by atoms with Gasteiger partial charge in [0.25, 0.3) is 0 Å². The van der Waals surface area contributed by atoms with Gasteiger partial charge in [0, 0.05) is 51.9 Å². The zero-order chi connectivity index (χ0) is 23.4. The smallest absolute Gasteiger partial charge is 0.243 e. The molecule has 2 aromatic heterocycles. The number of anilines is 1. The molecule has 1 aliphatic heterocycles. The Morgan fingerprint density at radius 1 is 1.06 bits per heavy atom. The molecule has 11 heteroatoms. The number of pyridine rings is 1. The van der Waals surface area contributed by atoms with Gasteiger partial charge in [-0.25, -0.2) is 18.1 Å². The predicted octanol–water partition coefficient (Wildman–Crippen LogP) is 1.60. The van der Waals surface area contributed by atoms with E-state index in [4.69, 9.17) is 0 Å². The summed E-state index contributed by atoms with van der Waals surface area (Å²) in [6.45, 7) is 7.62. The van der Waals surface area contributed by atoms with Crippen molar-refractivity contribution in [2.24, 2.45) is 0 Å². The largest absolute Gasteiger partial charge is 0.353 e. The summed E-state index contributed by atoms with van der Waals surface area (Å²) in [5.74, 6) is 1.00. The van der Waals surface area contributed by atoms with E-state index >= 15 is 0 Å². The average Bonchev–Trinajstić information content (AvgIpc) is 3.26. The molecule has 0 spiro atoms. The minimum atomic E-state index is -3.56. The molecule has 0 unspecified atom stereocenters. The first-order valence-electron chi connectivity index (χ1n) is 11.2. The van der Waals surface area contributed by atoms with Gasteiger partial charge in [-0.15, -0.1) is 5.10 Å². The number of aromatic nitrogens is 4. The van der Waals surface area contributed by atoms with Crippen LogP contribution in [0.1, 0.15) is 20.3 Å². The molecule has 4 rings (SSSR count). The highest BCUT2D eigenvalue weighted by atomic mass is 32.2. The number of fused-ring (bicyclic) bond motifs is 1. The second-order valence-corrected chi connectivity index (χ2v) is 9.80. The number of piperazine rings is 1. The van der Waals surface area contributed by atoms with Gasteiger partial charge in [0.2, 0.25) is 15.9 Å². The fraction of sp³-hybridized carbons (Fsp3) is 0.455. The lowest BCUT2D eigenvalue weighted by molar-refractivity contribution is -0.131. The molecular weight excluding hydrogens is 442 g/mol. The zero-order valence-electron chi connectivity index (χ0n) is 19.0. The van der Waals surface area contributed by atoms with Crippen molar-refractivity contribution in [2.75, 3.05) is 44.2 Å². The van der Waals surface area contributed by atoms with E-state index in [2.05, 4.69) is 20.2 Å². The molecule has 0 bridgehead atoms. The Bertz CT molecular complexity index is 1200. The molecule has 0 atom stereocenters. The molecule has 176 valence electrons. The first-order valence-corrected chi connectivity index (χ1v) is 12.6. The molecule has 3 heterocycles. The lowest BCUT2D eigenvalue weighted by Gasteiger charge is -2.35. The average molecular weight is 472 g/mol. The second kappa shape index (κ2) is 9.84. The quantitative estimate of drug-likeness (QED) is 0.491. The zero-order valence-corrected chi connectivity index (χ0v) is 19.8. The van der Waals surface area contributed by atoms with Crippen molar-refractivity contribution in [3.05, 3.63) is 42.6 Å². The minimum absolute atomic E-state index is 0.0695. The van der Waals surface area contributed by atoms with E-state index in [0.717, 1.165) is 18.9 Å². The van der Waals surface area contributed by atoms with Crippen LogP contribution < -0.4 is 4.90 Å². The number of amides is 1. The van der Waals surface area contributed by atoms with Gasteiger partial charge in [0.1, 0.15) is 11.3 Å². The fourth-order valence-electron chi connectivity index (χ4n) is 4.08. The number of aryl methyl sites for hydroxylation is 1. The van der Waals surface area contributed by atoms with Crippen molar-refractivity contribution in [3.8, 4) is 0 Å². The van der Waals surface area contributed by atoms with Crippen LogP contribution in [0.3, 0.4) is 0 Å². The summed E-state index contributed by atoms with van der Waals surface area (Å²) in [5.41, 5.74) is 1.21. The van der Waals surface area contributed by atoms with Crippen LogP contribution in [0.25, 0.3) is 11.0 Å². The summed E-state index contributed by atoms with van der Waals surface area (Å²) >= 11 is 0. The van der Waals surface area contributed by atoms with Crippen molar-refractivity contribution >= 4 is 32.8 Å². The van der Waals surface area contributed by atoms with Crippen LogP contribution in [-0.4, -0.2) is 82.8 Å². The Morgan fingerprint density at radius 3 is 2.48 bits per heavy atom. The Morgan fingerprint density at radius 2 is 1.82 bits per heavy atom. The van der Waals surface area contributed by atoms with Gasteiger partial charge in [-0.3, -0.25) is 4.79 Å². The molecule has 1 aromatic carbocycles. The third-order valence-electron chi connectivity index (χ3n) is 5.97. The highest BCUT2D eigenvalue weighted by molar-refractivity contribution is 7.89. The summed E-state index contributed by atoms with van der Waals surface area (Å²) in [4.78, 5) is 21.4. The molecule has 0 saturated carbocycles. The first kappa shape index (κ1) is 23.1. The lowest BCUT2D eigenvalue weighted by Crippen LogP contribution is -2.49. The van der Waals surface area contributed by atoms with E-state index in [1.165, 1.54) is 4.31 Å². The number of carbonyl (C=O) groups excluding carboxylic acids is 1. The lowest BCUT2D eigenvalue weighted by atomic mass is 10.2. The molecule has 33 heavy (non-hydrogen) atoms. The van der Waals surface area contributed by atoms with Gasteiger partial charge in [0.05, 0.1) is 17.0 Å². The van der Waals surface area contributed by atoms with Gasteiger partial charge in [-0.2, -0.15) is 4.31 Å². The van der Waals surface area contributed by atoms with Crippen molar-refractivity contribution < 1.29 is 13.2 Å². The van der Waals surface area contributed by atoms with Crippen LogP contribution in [-0.2, 0) is 21.4 Å². The summed E-state index contributed by atoms with van der Waals surface area (Å²) in [5, 5.41) is 8.27. The standard InChI is InChI=1S/C22H29N7O3S/c1-3-28(4-2)33(31,32)18-8-9-20-19(17-18)24-25-29(20)12-10-22(30)27-15-13-26(14-16-27)21-7-5-6-11-23-21/h5-9,11,17H,3-4,10,12-16H2,1-2H3. The number of hydrogen-bond donors (Lipinski definition) is 0. The number of rotatable bonds is 8.